The van der Waals surface area contributed by atoms with E-state index in [1.807, 2.05) is 61.5 Å². The van der Waals surface area contributed by atoms with Gasteiger partial charge in [0, 0.05) is 21.8 Å². The monoisotopic (exact) mass is 459 g/mol. The number of rotatable bonds is 5. The van der Waals surface area contributed by atoms with Gasteiger partial charge in [-0.25, -0.2) is 0 Å². The van der Waals surface area contributed by atoms with Crippen molar-refractivity contribution >= 4 is 23.2 Å². The number of methoxy groups -OCH3 is 2. The molecule has 3 aromatic carbocycles. The first-order valence-electron chi connectivity index (χ1n) is 10.5. The van der Waals surface area contributed by atoms with E-state index < -0.39 is 6.04 Å². The van der Waals surface area contributed by atoms with E-state index in [9.17, 15) is 4.79 Å². The molecule has 1 aliphatic heterocycles. The first-order chi connectivity index (χ1) is 16.0. The molecule has 1 atom stereocenters. The zero-order chi connectivity index (χ0) is 23.1. The van der Waals surface area contributed by atoms with Crippen LogP contribution >= 0.6 is 11.6 Å². The maximum Gasteiger partial charge on any atom is 0.277 e. The van der Waals surface area contributed by atoms with Crippen molar-refractivity contribution in [3.8, 4) is 22.8 Å². The predicted molar refractivity (Wildman–Crippen MR) is 128 cm³/mol. The van der Waals surface area contributed by atoms with Crippen LogP contribution in [-0.4, -0.2) is 30.3 Å². The molecule has 1 aliphatic rings. The number of fused-ring (bicyclic) bond motifs is 1. The Morgan fingerprint density at radius 1 is 0.939 bits per heavy atom. The van der Waals surface area contributed by atoms with Crippen LogP contribution < -0.4 is 14.4 Å². The summed E-state index contributed by atoms with van der Waals surface area (Å²) >= 11 is 6.12. The van der Waals surface area contributed by atoms with Gasteiger partial charge in [0.05, 0.1) is 26.0 Å². The fraction of sp³-hybridized carbons (Fsp3) is 0.154. The molecule has 0 radical (unpaired) electrons. The van der Waals surface area contributed by atoms with Gasteiger partial charge in [-0.15, -0.1) is 0 Å². The number of ether oxygens (including phenoxy) is 2. The summed E-state index contributed by atoms with van der Waals surface area (Å²) < 4.78 is 11.0. The van der Waals surface area contributed by atoms with Gasteiger partial charge in [-0.05, 0) is 48.9 Å². The number of hydrogen-bond donors (Lipinski definition) is 1. The number of anilines is 1. The van der Waals surface area contributed by atoms with Gasteiger partial charge in [0.15, 0.2) is 11.5 Å². The average molecular weight is 460 g/mol. The van der Waals surface area contributed by atoms with Gasteiger partial charge in [0.25, 0.3) is 5.91 Å². The molecular formula is C26H22ClN3O3. The lowest BCUT2D eigenvalue weighted by Gasteiger charge is -2.27. The van der Waals surface area contributed by atoms with Crippen LogP contribution in [0.3, 0.4) is 0 Å². The molecule has 0 saturated carbocycles. The minimum atomic E-state index is -0.413. The van der Waals surface area contributed by atoms with Crippen LogP contribution in [0.4, 0.5) is 5.69 Å². The number of carbonyl (C=O) groups excluding carboxylic acids is 1. The standard InChI is InChI=1S/C26H22ClN3O3/c1-15-4-6-16(7-5-15)23-22-24(29-28-23)26(31)30(19-11-9-18(27)10-12-19)25(22)17-8-13-20(32-2)21(14-17)33-3/h4-14,25H,1-3H3,(H,28,29). The molecule has 1 aromatic heterocycles. The smallest absolute Gasteiger partial charge is 0.277 e. The summed E-state index contributed by atoms with van der Waals surface area (Å²) in [6.07, 6.45) is 0. The summed E-state index contributed by atoms with van der Waals surface area (Å²) in [6, 6.07) is 20.7. The summed E-state index contributed by atoms with van der Waals surface area (Å²) in [4.78, 5) is 15.4. The number of amides is 1. The zero-order valence-electron chi connectivity index (χ0n) is 18.4. The molecule has 0 fully saturated rings. The number of aromatic amines is 1. The summed E-state index contributed by atoms with van der Waals surface area (Å²) in [5.41, 5.74) is 5.75. The fourth-order valence-corrected chi connectivity index (χ4v) is 4.41. The molecular weight excluding hydrogens is 438 g/mol. The quantitative estimate of drug-likeness (QED) is 0.409. The predicted octanol–water partition coefficient (Wildman–Crippen LogP) is 5.81. The lowest BCUT2D eigenvalue weighted by molar-refractivity contribution is 0.0988. The number of halogens is 1. The van der Waals surface area contributed by atoms with Crippen molar-refractivity contribution < 1.29 is 14.3 Å². The Morgan fingerprint density at radius 2 is 1.64 bits per heavy atom. The maximum absolute atomic E-state index is 13.6. The molecule has 33 heavy (non-hydrogen) atoms. The maximum atomic E-state index is 13.6. The van der Waals surface area contributed by atoms with E-state index in [0.29, 0.717) is 22.2 Å². The van der Waals surface area contributed by atoms with Crippen LogP contribution in [0.2, 0.25) is 5.02 Å². The van der Waals surface area contributed by atoms with Crippen LogP contribution in [0.5, 0.6) is 11.5 Å². The molecule has 166 valence electrons. The fourth-order valence-electron chi connectivity index (χ4n) is 4.28. The highest BCUT2D eigenvalue weighted by Crippen LogP contribution is 2.46. The number of nitrogens with zero attached hydrogens (tertiary/aromatic N) is 2. The van der Waals surface area contributed by atoms with E-state index in [0.717, 1.165) is 33.6 Å². The average Bonchev–Trinajstić information content (AvgIpc) is 3.39. The van der Waals surface area contributed by atoms with Crippen molar-refractivity contribution in [2.75, 3.05) is 19.1 Å². The molecule has 0 aliphatic carbocycles. The molecule has 6 nitrogen and oxygen atoms in total. The Hall–Kier alpha value is -3.77. The first kappa shape index (κ1) is 21.1. The largest absolute Gasteiger partial charge is 0.493 e. The van der Waals surface area contributed by atoms with E-state index in [1.54, 1.807) is 31.3 Å². The van der Waals surface area contributed by atoms with Gasteiger partial charge in [-0.2, -0.15) is 5.10 Å². The molecule has 7 heteroatoms. The minimum Gasteiger partial charge on any atom is -0.493 e. The Balaban J connectivity index is 1.72. The Labute approximate surface area is 196 Å². The number of hydrogen-bond acceptors (Lipinski definition) is 4. The van der Waals surface area contributed by atoms with Crippen molar-refractivity contribution in [2.45, 2.75) is 13.0 Å². The van der Waals surface area contributed by atoms with Crippen LogP contribution in [0.25, 0.3) is 11.3 Å². The van der Waals surface area contributed by atoms with Crippen molar-refractivity contribution in [1.29, 1.82) is 0 Å². The van der Waals surface area contributed by atoms with E-state index in [-0.39, 0.29) is 5.91 Å². The lowest BCUT2D eigenvalue weighted by atomic mass is 9.95. The second-order valence-electron chi connectivity index (χ2n) is 7.90. The van der Waals surface area contributed by atoms with Crippen LogP contribution in [0.15, 0.2) is 66.7 Å². The number of carbonyl (C=O) groups is 1. The topological polar surface area (TPSA) is 67.5 Å². The van der Waals surface area contributed by atoms with Crippen molar-refractivity contribution in [3.63, 3.8) is 0 Å². The Morgan fingerprint density at radius 3 is 2.30 bits per heavy atom. The van der Waals surface area contributed by atoms with Crippen LogP contribution in [0, 0.1) is 6.92 Å². The van der Waals surface area contributed by atoms with Crippen LogP contribution in [-0.2, 0) is 0 Å². The second-order valence-corrected chi connectivity index (χ2v) is 8.33. The number of H-pyrrole nitrogens is 1. The molecule has 5 rings (SSSR count). The molecule has 1 unspecified atom stereocenters. The molecule has 0 spiro atoms. The van der Waals surface area contributed by atoms with Crippen molar-refractivity contribution in [1.82, 2.24) is 10.2 Å². The van der Waals surface area contributed by atoms with Gasteiger partial charge in [-0.3, -0.25) is 14.8 Å². The third kappa shape index (κ3) is 3.52. The summed E-state index contributed by atoms with van der Waals surface area (Å²) in [7, 11) is 3.19. The number of benzene rings is 3. The van der Waals surface area contributed by atoms with Gasteiger partial charge < -0.3 is 9.47 Å². The Kier molecular flexibility index (Phi) is 5.30. The van der Waals surface area contributed by atoms with Gasteiger partial charge in [0.1, 0.15) is 5.69 Å². The van der Waals surface area contributed by atoms with Crippen LogP contribution in [0.1, 0.15) is 33.2 Å². The number of aryl methyl sites for hydroxylation is 1. The van der Waals surface area contributed by atoms with Gasteiger partial charge in [0.2, 0.25) is 0 Å². The summed E-state index contributed by atoms with van der Waals surface area (Å²) in [6.45, 7) is 2.04. The highest BCUT2D eigenvalue weighted by molar-refractivity contribution is 6.30. The second kappa shape index (κ2) is 8.30. The molecule has 1 amide bonds. The lowest BCUT2D eigenvalue weighted by Crippen LogP contribution is -2.29. The van der Waals surface area contributed by atoms with Crippen molar-refractivity contribution in [3.05, 3.63) is 94.1 Å². The SMILES string of the molecule is COc1ccc(C2c3c(-c4ccc(C)cc4)n[nH]c3C(=O)N2c2ccc(Cl)cc2)cc1OC. The van der Waals surface area contributed by atoms with Gasteiger partial charge >= 0.3 is 0 Å². The number of nitrogens with one attached hydrogen (secondary N) is 1. The van der Waals surface area contributed by atoms with E-state index in [2.05, 4.69) is 10.2 Å². The normalized spacial score (nSPS) is 15.0. The molecule has 2 heterocycles. The minimum absolute atomic E-state index is 0.155. The molecule has 0 saturated heterocycles. The van der Waals surface area contributed by atoms with Crippen molar-refractivity contribution in [2.24, 2.45) is 0 Å². The number of aromatic nitrogens is 2. The highest BCUT2D eigenvalue weighted by atomic mass is 35.5. The molecule has 1 N–H and O–H groups in total. The molecule has 4 aromatic rings. The third-order valence-electron chi connectivity index (χ3n) is 5.92. The highest BCUT2D eigenvalue weighted by Gasteiger charge is 2.43. The molecule has 0 bridgehead atoms. The summed E-state index contributed by atoms with van der Waals surface area (Å²) in [5, 5.41) is 8.13. The van der Waals surface area contributed by atoms with E-state index in [4.69, 9.17) is 21.1 Å². The third-order valence-corrected chi connectivity index (χ3v) is 6.17. The van der Waals surface area contributed by atoms with E-state index >= 15 is 0 Å². The zero-order valence-corrected chi connectivity index (χ0v) is 19.2. The van der Waals surface area contributed by atoms with E-state index in [1.165, 1.54) is 0 Å². The first-order valence-corrected chi connectivity index (χ1v) is 10.9. The Bertz CT molecular complexity index is 1330. The van der Waals surface area contributed by atoms with Gasteiger partial charge in [-0.1, -0.05) is 47.5 Å². The summed E-state index contributed by atoms with van der Waals surface area (Å²) in [5.74, 6) is 1.06.